The first-order valence-corrected chi connectivity index (χ1v) is 7.52. The van der Waals surface area contributed by atoms with Crippen LogP contribution in [-0.4, -0.2) is 87.7 Å². The second kappa shape index (κ2) is 9.73. The fraction of sp³-hybridized carbons (Fsp3) is 1.00. The van der Waals surface area contributed by atoms with Crippen molar-refractivity contribution in [1.29, 1.82) is 0 Å². The van der Waals surface area contributed by atoms with Gasteiger partial charge in [-0.25, -0.2) is 0 Å². The lowest BCUT2D eigenvalue weighted by molar-refractivity contribution is 0.126. The van der Waals surface area contributed by atoms with Gasteiger partial charge in [0.25, 0.3) is 0 Å². The number of piperazine rings is 1. The number of hydrogen-bond acceptors (Lipinski definition) is 4. The van der Waals surface area contributed by atoms with Crippen molar-refractivity contribution in [1.82, 2.24) is 20.0 Å². The smallest absolute Gasteiger partial charge is 0.0110 e. The highest BCUT2D eigenvalue weighted by molar-refractivity contribution is 4.72. The molecule has 1 aliphatic rings. The second-order valence-electron chi connectivity index (χ2n) is 5.59. The molecule has 4 nitrogen and oxygen atoms in total. The molecule has 0 radical (unpaired) electrons. The van der Waals surface area contributed by atoms with Gasteiger partial charge in [-0.3, -0.25) is 9.80 Å². The standard InChI is InChI=1S/C14H32N4/c1-4-5-6-15-7-8-17-11-13-18(14-12-17)10-9-16(2)3/h15H,4-14H2,1-3H3. The Morgan fingerprint density at radius 1 is 0.944 bits per heavy atom. The van der Waals surface area contributed by atoms with E-state index < -0.39 is 0 Å². The molecule has 0 aromatic rings. The predicted molar refractivity (Wildman–Crippen MR) is 79.2 cm³/mol. The molecule has 1 saturated heterocycles. The van der Waals surface area contributed by atoms with E-state index in [1.54, 1.807) is 0 Å². The van der Waals surface area contributed by atoms with Crippen LogP contribution in [0.3, 0.4) is 0 Å². The fourth-order valence-electron chi connectivity index (χ4n) is 2.24. The summed E-state index contributed by atoms with van der Waals surface area (Å²) in [6, 6.07) is 0. The number of hydrogen-bond donors (Lipinski definition) is 1. The van der Waals surface area contributed by atoms with Crippen molar-refractivity contribution in [3.63, 3.8) is 0 Å². The van der Waals surface area contributed by atoms with E-state index >= 15 is 0 Å². The first-order chi connectivity index (χ1) is 8.72. The Labute approximate surface area is 113 Å². The summed E-state index contributed by atoms with van der Waals surface area (Å²) in [5, 5.41) is 3.52. The molecule has 1 rings (SSSR count). The van der Waals surface area contributed by atoms with Crippen LogP contribution >= 0.6 is 0 Å². The van der Waals surface area contributed by atoms with E-state index in [0.29, 0.717) is 0 Å². The van der Waals surface area contributed by atoms with Crippen LogP contribution in [0.4, 0.5) is 0 Å². The Hall–Kier alpha value is -0.160. The minimum absolute atomic E-state index is 1.15. The van der Waals surface area contributed by atoms with E-state index in [-0.39, 0.29) is 0 Å². The van der Waals surface area contributed by atoms with Gasteiger partial charge in [0, 0.05) is 52.4 Å². The number of nitrogens with one attached hydrogen (secondary N) is 1. The monoisotopic (exact) mass is 256 g/mol. The summed E-state index contributed by atoms with van der Waals surface area (Å²) >= 11 is 0. The van der Waals surface area contributed by atoms with Crippen molar-refractivity contribution in [2.24, 2.45) is 0 Å². The highest BCUT2D eigenvalue weighted by atomic mass is 15.3. The molecular formula is C14H32N4. The molecule has 0 atom stereocenters. The fourth-order valence-corrected chi connectivity index (χ4v) is 2.24. The predicted octanol–water partition coefficient (Wildman–Crippen LogP) is 0.555. The highest BCUT2D eigenvalue weighted by Gasteiger charge is 2.15. The van der Waals surface area contributed by atoms with Crippen molar-refractivity contribution >= 4 is 0 Å². The molecule has 0 aliphatic carbocycles. The van der Waals surface area contributed by atoms with Crippen LogP contribution in [0.15, 0.2) is 0 Å². The Bertz CT molecular complexity index is 188. The molecule has 18 heavy (non-hydrogen) atoms. The van der Waals surface area contributed by atoms with Gasteiger partial charge in [-0.05, 0) is 27.1 Å². The van der Waals surface area contributed by atoms with Crippen LogP contribution in [0.2, 0.25) is 0 Å². The topological polar surface area (TPSA) is 21.8 Å². The Morgan fingerprint density at radius 3 is 2.11 bits per heavy atom. The van der Waals surface area contributed by atoms with Gasteiger partial charge in [-0.1, -0.05) is 13.3 Å². The van der Waals surface area contributed by atoms with Crippen LogP contribution in [0.1, 0.15) is 19.8 Å². The molecular weight excluding hydrogens is 224 g/mol. The second-order valence-corrected chi connectivity index (χ2v) is 5.59. The van der Waals surface area contributed by atoms with E-state index in [1.807, 2.05) is 0 Å². The van der Waals surface area contributed by atoms with Gasteiger partial charge in [-0.15, -0.1) is 0 Å². The molecule has 1 fully saturated rings. The van der Waals surface area contributed by atoms with Gasteiger partial charge in [0.2, 0.25) is 0 Å². The maximum absolute atomic E-state index is 3.52. The van der Waals surface area contributed by atoms with Gasteiger partial charge < -0.3 is 10.2 Å². The van der Waals surface area contributed by atoms with Gasteiger partial charge in [0.15, 0.2) is 0 Å². The zero-order valence-corrected chi connectivity index (χ0v) is 12.6. The van der Waals surface area contributed by atoms with Crippen LogP contribution in [0, 0.1) is 0 Å². The lowest BCUT2D eigenvalue weighted by Crippen LogP contribution is -2.49. The maximum atomic E-state index is 3.52. The molecule has 1 aliphatic heterocycles. The molecule has 0 aromatic carbocycles. The maximum Gasteiger partial charge on any atom is 0.0110 e. The minimum Gasteiger partial charge on any atom is -0.315 e. The van der Waals surface area contributed by atoms with Crippen molar-refractivity contribution in [3.8, 4) is 0 Å². The highest BCUT2D eigenvalue weighted by Crippen LogP contribution is 2.00. The van der Waals surface area contributed by atoms with Crippen molar-refractivity contribution in [2.45, 2.75) is 19.8 Å². The Morgan fingerprint density at radius 2 is 1.56 bits per heavy atom. The molecule has 0 bridgehead atoms. The first kappa shape index (κ1) is 15.9. The van der Waals surface area contributed by atoms with Crippen molar-refractivity contribution in [3.05, 3.63) is 0 Å². The zero-order chi connectivity index (χ0) is 13.2. The first-order valence-electron chi connectivity index (χ1n) is 7.52. The largest absolute Gasteiger partial charge is 0.315 e. The molecule has 1 heterocycles. The SMILES string of the molecule is CCCCNCCN1CCN(CCN(C)C)CC1. The lowest BCUT2D eigenvalue weighted by atomic mass is 10.3. The third-order valence-corrected chi connectivity index (χ3v) is 3.64. The molecule has 0 unspecified atom stereocenters. The van der Waals surface area contributed by atoms with Gasteiger partial charge in [0.05, 0.1) is 0 Å². The van der Waals surface area contributed by atoms with Crippen LogP contribution in [0.25, 0.3) is 0 Å². The van der Waals surface area contributed by atoms with E-state index in [9.17, 15) is 0 Å². The summed E-state index contributed by atoms with van der Waals surface area (Å²) in [6.07, 6.45) is 2.59. The zero-order valence-electron chi connectivity index (χ0n) is 12.6. The summed E-state index contributed by atoms with van der Waals surface area (Å²) in [4.78, 5) is 7.44. The quantitative estimate of drug-likeness (QED) is 0.608. The molecule has 108 valence electrons. The Kier molecular flexibility index (Phi) is 8.59. The van der Waals surface area contributed by atoms with Crippen molar-refractivity contribution in [2.75, 3.05) is 73.0 Å². The summed E-state index contributed by atoms with van der Waals surface area (Å²) < 4.78 is 0. The van der Waals surface area contributed by atoms with E-state index in [1.165, 1.54) is 65.2 Å². The van der Waals surface area contributed by atoms with Crippen LogP contribution in [0.5, 0.6) is 0 Å². The number of nitrogens with zero attached hydrogens (tertiary/aromatic N) is 3. The average molecular weight is 256 g/mol. The van der Waals surface area contributed by atoms with E-state index in [2.05, 4.69) is 41.0 Å². The average Bonchev–Trinajstić information content (AvgIpc) is 2.37. The summed E-state index contributed by atoms with van der Waals surface area (Å²) in [5.74, 6) is 0. The molecule has 1 N–H and O–H groups in total. The number of unbranched alkanes of at least 4 members (excludes halogenated alkanes) is 1. The lowest BCUT2D eigenvalue weighted by Gasteiger charge is -2.35. The van der Waals surface area contributed by atoms with Crippen LogP contribution < -0.4 is 5.32 Å². The molecule has 0 spiro atoms. The van der Waals surface area contributed by atoms with E-state index in [0.717, 1.165) is 6.54 Å². The summed E-state index contributed by atoms with van der Waals surface area (Å²) in [5.41, 5.74) is 0. The normalized spacial score (nSPS) is 18.7. The molecule has 0 aromatic heterocycles. The van der Waals surface area contributed by atoms with Gasteiger partial charge in [-0.2, -0.15) is 0 Å². The number of likely N-dealkylation sites (N-methyl/N-ethyl adjacent to an activating group) is 1. The van der Waals surface area contributed by atoms with Crippen LogP contribution in [-0.2, 0) is 0 Å². The van der Waals surface area contributed by atoms with Gasteiger partial charge in [0.1, 0.15) is 0 Å². The molecule has 0 amide bonds. The van der Waals surface area contributed by atoms with E-state index in [4.69, 9.17) is 0 Å². The number of rotatable bonds is 9. The summed E-state index contributed by atoms with van der Waals surface area (Å²) in [7, 11) is 4.30. The van der Waals surface area contributed by atoms with Crippen molar-refractivity contribution < 1.29 is 0 Å². The Balaban J connectivity index is 1.98. The minimum atomic E-state index is 1.15. The van der Waals surface area contributed by atoms with Gasteiger partial charge >= 0.3 is 0 Å². The third kappa shape index (κ3) is 7.31. The summed E-state index contributed by atoms with van der Waals surface area (Å²) in [6.45, 7) is 13.1. The molecule has 0 saturated carbocycles. The third-order valence-electron chi connectivity index (χ3n) is 3.64. The molecule has 4 heteroatoms.